The highest BCUT2D eigenvalue weighted by Crippen LogP contribution is 2.42. The Labute approximate surface area is 223 Å². The van der Waals surface area contributed by atoms with Crippen LogP contribution in [-0.2, 0) is 9.59 Å². The minimum atomic E-state index is -2.77. The summed E-state index contributed by atoms with van der Waals surface area (Å²) < 4.78 is 30.4. The molecule has 0 aromatic heterocycles. The molecule has 1 atom stereocenters. The number of likely N-dealkylation sites (tertiary alicyclic amines) is 1. The number of carbonyl (C=O) groups is 1. The third kappa shape index (κ3) is 6.52. The molecule has 2 aliphatic rings. The van der Waals surface area contributed by atoms with Gasteiger partial charge in [-0.25, -0.2) is 13.6 Å². The van der Waals surface area contributed by atoms with Crippen LogP contribution >= 0.6 is 0 Å². The second-order valence-electron chi connectivity index (χ2n) is 10.4. The van der Waals surface area contributed by atoms with E-state index in [0.29, 0.717) is 30.8 Å². The van der Waals surface area contributed by atoms with E-state index in [1.165, 1.54) is 5.94 Å². The van der Waals surface area contributed by atoms with Gasteiger partial charge in [0.1, 0.15) is 5.94 Å². The number of benzene rings is 2. The largest absolute Gasteiger partial charge is 0.399 e. The Kier molecular flexibility index (Phi) is 8.69. The molecule has 1 unspecified atom stereocenters. The first-order valence-corrected chi connectivity index (χ1v) is 13.2. The zero-order chi connectivity index (χ0) is 27.3. The van der Waals surface area contributed by atoms with Crippen molar-refractivity contribution in [1.82, 2.24) is 10.2 Å². The van der Waals surface area contributed by atoms with E-state index >= 15 is 8.78 Å². The normalized spacial score (nSPS) is 20.0. The highest BCUT2D eigenvalue weighted by molar-refractivity contribution is 5.79. The number of nitrogen functional groups attached to an aromatic ring is 1. The van der Waals surface area contributed by atoms with Crippen LogP contribution in [0.1, 0.15) is 42.7 Å². The van der Waals surface area contributed by atoms with Crippen LogP contribution in [-0.4, -0.2) is 68.5 Å². The summed E-state index contributed by atoms with van der Waals surface area (Å²) in [6.45, 7) is 4.70. The SMILES string of the molecule is Cc1cc(N2CCC(N3CCC(c4ccc(N)cc4)C(F)(F)C3)CC2)ccc1N(C)CCC(=O)NC=C=O. The van der Waals surface area contributed by atoms with Crippen molar-refractivity contribution in [1.29, 1.82) is 0 Å². The Morgan fingerprint density at radius 2 is 1.87 bits per heavy atom. The van der Waals surface area contributed by atoms with Crippen LogP contribution in [0, 0.1) is 6.92 Å². The predicted octanol–water partition coefficient (Wildman–Crippen LogP) is 3.96. The number of hydrogen-bond acceptors (Lipinski definition) is 6. The van der Waals surface area contributed by atoms with Crippen molar-refractivity contribution >= 4 is 28.9 Å². The second-order valence-corrected chi connectivity index (χ2v) is 10.4. The summed E-state index contributed by atoms with van der Waals surface area (Å²) in [5, 5.41) is 2.38. The lowest BCUT2D eigenvalue weighted by Gasteiger charge is -2.45. The number of piperidine rings is 2. The number of nitrogens with zero attached hydrogens (tertiary/aromatic N) is 3. The molecule has 0 bridgehead atoms. The van der Waals surface area contributed by atoms with Crippen molar-refractivity contribution in [3.8, 4) is 0 Å². The average molecular weight is 526 g/mol. The molecule has 2 heterocycles. The van der Waals surface area contributed by atoms with E-state index in [0.717, 1.165) is 49.1 Å². The lowest BCUT2D eigenvalue weighted by Crippen LogP contribution is -2.54. The number of anilines is 3. The van der Waals surface area contributed by atoms with Crippen molar-refractivity contribution in [3.63, 3.8) is 0 Å². The highest BCUT2D eigenvalue weighted by atomic mass is 19.3. The lowest BCUT2D eigenvalue weighted by atomic mass is 9.85. The molecule has 0 aliphatic carbocycles. The molecule has 3 N–H and O–H groups in total. The Hall–Kier alpha value is -3.42. The van der Waals surface area contributed by atoms with E-state index in [2.05, 4.69) is 28.4 Å². The van der Waals surface area contributed by atoms with Gasteiger partial charge in [-0.05, 0) is 74.2 Å². The van der Waals surface area contributed by atoms with Crippen LogP contribution in [0.4, 0.5) is 25.8 Å². The zero-order valence-electron chi connectivity index (χ0n) is 22.1. The van der Waals surface area contributed by atoms with Gasteiger partial charge in [-0.2, -0.15) is 0 Å². The number of rotatable bonds is 8. The zero-order valence-corrected chi connectivity index (χ0v) is 22.1. The minimum Gasteiger partial charge on any atom is -0.399 e. The van der Waals surface area contributed by atoms with Crippen LogP contribution in [0.5, 0.6) is 0 Å². The number of carbonyl (C=O) groups excluding carboxylic acids is 2. The molecule has 204 valence electrons. The molecule has 2 aliphatic heterocycles. The lowest BCUT2D eigenvalue weighted by molar-refractivity contribution is -0.119. The van der Waals surface area contributed by atoms with Gasteiger partial charge in [0.05, 0.1) is 18.7 Å². The van der Waals surface area contributed by atoms with Gasteiger partial charge in [0.15, 0.2) is 0 Å². The van der Waals surface area contributed by atoms with Gasteiger partial charge in [0, 0.05) is 56.2 Å². The van der Waals surface area contributed by atoms with Crippen molar-refractivity contribution in [2.24, 2.45) is 0 Å². The topological polar surface area (TPSA) is 81.9 Å². The van der Waals surface area contributed by atoms with Crippen molar-refractivity contribution < 1.29 is 18.4 Å². The summed E-state index contributed by atoms with van der Waals surface area (Å²) in [6.07, 6.45) is 3.39. The van der Waals surface area contributed by atoms with Crippen LogP contribution < -0.4 is 20.9 Å². The van der Waals surface area contributed by atoms with E-state index in [-0.39, 0.29) is 24.9 Å². The molecule has 0 radical (unpaired) electrons. The Morgan fingerprint density at radius 1 is 1.16 bits per heavy atom. The van der Waals surface area contributed by atoms with Crippen molar-refractivity contribution in [3.05, 3.63) is 59.8 Å². The number of nitrogens with one attached hydrogen (secondary N) is 1. The number of halogens is 2. The number of alkyl halides is 2. The van der Waals surface area contributed by atoms with Gasteiger partial charge in [0.25, 0.3) is 5.92 Å². The molecule has 2 saturated heterocycles. The molecule has 7 nitrogen and oxygen atoms in total. The Balaban J connectivity index is 1.30. The van der Waals surface area contributed by atoms with E-state index in [4.69, 9.17) is 5.73 Å². The molecule has 0 spiro atoms. The molecule has 0 saturated carbocycles. The number of nitrogens with two attached hydrogens (primary N) is 1. The van der Waals surface area contributed by atoms with Crippen molar-refractivity contribution in [2.75, 3.05) is 55.3 Å². The minimum absolute atomic E-state index is 0.163. The average Bonchev–Trinajstić information content (AvgIpc) is 2.90. The smallest absolute Gasteiger partial charge is 0.267 e. The molecular weight excluding hydrogens is 488 g/mol. The first kappa shape index (κ1) is 27.6. The van der Waals surface area contributed by atoms with E-state index in [9.17, 15) is 9.59 Å². The fourth-order valence-corrected chi connectivity index (χ4v) is 5.74. The number of amides is 1. The number of aryl methyl sites for hydroxylation is 1. The molecule has 4 rings (SSSR count). The molecule has 9 heteroatoms. The summed E-state index contributed by atoms with van der Waals surface area (Å²) in [5.41, 5.74) is 10.3. The van der Waals surface area contributed by atoms with Crippen LogP contribution in [0.3, 0.4) is 0 Å². The van der Waals surface area contributed by atoms with E-state index in [1.54, 1.807) is 24.3 Å². The summed E-state index contributed by atoms with van der Waals surface area (Å²) in [6, 6.07) is 13.3. The second kappa shape index (κ2) is 12.0. The molecule has 2 aromatic rings. The molecule has 2 aromatic carbocycles. The Morgan fingerprint density at radius 3 is 2.50 bits per heavy atom. The summed E-state index contributed by atoms with van der Waals surface area (Å²) in [7, 11) is 1.93. The summed E-state index contributed by atoms with van der Waals surface area (Å²) in [4.78, 5) is 28.3. The summed E-state index contributed by atoms with van der Waals surface area (Å²) in [5.74, 6) is -2.23. The van der Waals surface area contributed by atoms with Gasteiger partial charge in [-0.1, -0.05) is 12.1 Å². The quantitative estimate of drug-likeness (QED) is 0.401. The van der Waals surface area contributed by atoms with E-state index < -0.39 is 11.8 Å². The fourth-order valence-electron chi connectivity index (χ4n) is 5.74. The molecule has 38 heavy (non-hydrogen) atoms. The maximum Gasteiger partial charge on any atom is 0.267 e. The third-order valence-electron chi connectivity index (χ3n) is 7.87. The molecule has 2 fully saturated rings. The van der Waals surface area contributed by atoms with Crippen LogP contribution in [0.15, 0.2) is 48.7 Å². The summed E-state index contributed by atoms with van der Waals surface area (Å²) >= 11 is 0. The van der Waals surface area contributed by atoms with Crippen LogP contribution in [0.25, 0.3) is 0 Å². The van der Waals surface area contributed by atoms with E-state index in [1.807, 2.05) is 23.8 Å². The molecule has 1 amide bonds. The van der Waals surface area contributed by atoms with Gasteiger partial charge < -0.3 is 20.9 Å². The standard InChI is InChI=1S/C29H37F2N5O2/c1-21-19-25(7-8-27(21)34(2)14-12-28(38)33-13-18-37)35-15-9-24(10-16-35)36-17-11-26(29(30,31)20-36)22-3-5-23(32)6-4-22/h3-8,13,19,24,26H,9-12,14-17,20,32H2,1-2H3,(H,33,38). The van der Waals surface area contributed by atoms with Gasteiger partial charge >= 0.3 is 0 Å². The fraction of sp³-hybridized carbons (Fsp3) is 0.483. The molecular formula is C29H37F2N5O2. The number of hydrogen-bond donors (Lipinski definition) is 2. The van der Waals surface area contributed by atoms with Gasteiger partial charge in [0.2, 0.25) is 5.91 Å². The van der Waals surface area contributed by atoms with Crippen LogP contribution in [0.2, 0.25) is 0 Å². The predicted molar refractivity (Wildman–Crippen MR) is 147 cm³/mol. The van der Waals surface area contributed by atoms with Crippen molar-refractivity contribution in [2.45, 2.75) is 50.5 Å². The maximum atomic E-state index is 15.2. The first-order chi connectivity index (χ1) is 18.2. The third-order valence-corrected chi connectivity index (χ3v) is 7.87. The van der Waals surface area contributed by atoms with Gasteiger partial charge in [-0.15, -0.1) is 0 Å². The first-order valence-electron chi connectivity index (χ1n) is 13.2. The monoisotopic (exact) mass is 525 g/mol. The highest BCUT2D eigenvalue weighted by Gasteiger charge is 2.46. The van der Waals surface area contributed by atoms with Gasteiger partial charge in [-0.3, -0.25) is 9.69 Å². The maximum absolute atomic E-state index is 15.2. The Bertz CT molecular complexity index is 1160.